The molecule has 66 valence electrons. The van der Waals surface area contributed by atoms with Crippen LogP contribution < -0.4 is 5.73 Å². The van der Waals surface area contributed by atoms with Crippen molar-refractivity contribution in [1.82, 2.24) is 4.98 Å². The van der Waals surface area contributed by atoms with Crippen LogP contribution in [0.3, 0.4) is 0 Å². The van der Waals surface area contributed by atoms with Gasteiger partial charge in [-0.2, -0.15) is 5.26 Å². The summed E-state index contributed by atoms with van der Waals surface area (Å²) in [6, 6.07) is 5.15. The Morgan fingerprint density at radius 2 is 2.31 bits per heavy atom. The summed E-state index contributed by atoms with van der Waals surface area (Å²) in [7, 11) is 0. The van der Waals surface area contributed by atoms with E-state index in [1.54, 1.807) is 18.3 Å². The van der Waals surface area contributed by atoms with Crippen LogP contribution in [0.2, 0.25) is 0 Å². The van der Waals surface area contributed by atoms with Crippen molar-refractivity contribution in [3.8, 4) is 6.07 Å². The Hall–Kier alpha value is -1.73. The summed E-state index contributed by atoms with van der Waals surface area (Å²) in [5, 5.41) is 9.21. The van der Waals surface area contributed by atoms with E-state index < -0.39 is 0 Å². The van der Waals surface area contributed by atoms with E-state index in [1.165, 1.54) is 0 Å². The second-order valence-corrected chi connectivity index (χ2v) is 2.33. The van der Waals surface area contributed by atoms with Crippen LogP contribution in [0.1, 0.15) is 5.76 Å². The van der Waals surface area contributed by atoms with Gasteiger partial charge in [-0.3, -0.25) is 0 Å². The summed E-state index contributed by atoms with van der Waals surface area (Å²) in [4.78, 5) is 3.86. The smallest absolute Gasteiger partial charge is 0.204 e. The predicted octanol–water partition coefficient (Wildman–Crippen LogP) is 1.70. The van der Waals surface area contributed by atoms with Crippen LogP contribution in [0, 0.1) is 11.3 Å². The minimum absolute atomic E-state index is 0. The SMILES string of the molecule is Cl.N#Cc1cc2c(N)nccc2o1. The maximum absolute atomic E-state index is 8.52. The summed E-state index contributed by atoms with van der Waals surface area (Å²) < 4.78 is 5.12. The van der Waals surface area contributed by atoms with E-state index in [2.05, 4.69) is 4.98 Å². The summed E-state index contributed by atoms with van der Waals surface area (Å²) in [6.07, 6.45) is 1.54. The molecular weight excluding hydrogens is 190 g/mol. The number of hydrogen-bond acceptors (Lipinski definition) is 4. The third kappa shape index (κ3) is 1.42. The molecule has 0 atom stereocenters. The van der Waals surface area contributed by atoms with Gasteiger partial charge in [0.1, 0.15) is 17.5 Å². The lowest BCUT2D eigenvalue weighted by Gasteiger charge is -1.89. The highest BCUT2D eigenvalue weighted by Crippen LogP contribution is 2.21. The average molecular weight is 196 g/mol. The minimum atomic E-state index is 0. The normalized spacial score (nSPS) is 9.15. The van der Waals surface area contributed by atoms with Gasteiger partial charge in [-0.05, 0) is 6.07 Å². The lowest BCUT2D eigenvalue weighted by atomic mass is 10.3. The topological polar surface area (TPSA) is 75.8 Å². The van der Waals surface area contributed by atoms with Gasteiger partial charge in [0.15, 0.2) is 0 Å². The van der Waals surface area contributed by atoms with Gasteiger partial charge in [0, 0.05) is 12.3 Å². The van der Waals surface area contributed by atoms with Gasteiger partial charge in [-0.15, -0.1) is 12.4 Å². The van der Waals surface area contributed by atoms with Crippen molar-refractivity contribution in [2.24, 2.45) is 0 Å². The van der Waals surface area contributed by atoms with Crippen LogP contribution in [0.4, 0.5) is 5.82 Å². The predicted molar refractivity (Wildman–Crippen MR) is 50.4 cm³/mol. The molecule has 4 nitrogen and oxygen atoms in total. The summed E-state index contributed by atoms with van der Waals surface area (Å²) >= 11 is 0. The van der Waals surface area contributed by atoms with Crippen molar-refractivity contribution in [2.45, 2.75) is 0 Å². The van der Waals surface area contributed by atoms with Crippen molar-refractivity contribution in [1.29, 1.82) is 5.26 Å². The number of furan rings is 1. The first-order valence-corrected chi connectivity index (χ1v) is 3.35. The molecular formula is C8H6ClN3O. The summed E-state index contributed by atoms with van der Waals surface area (Å²) in [6.45, 7) is 0. The standard InChI is InChI=1S/C8H5N3O.ClH/c9-4-5-3-6-7(12-5)1-2-11-8(6)10;/h1-3H,(H2,10,11);1H. The molecule has 2 aromatic heterocycles. The number of anilines is 1. The monoisotopic (exact) mass is 195 g/mol. The van der Waals surface area contributed by atoms with Gasteiger partial charge >= 0.3 is 0 Å². The van der Waals surface area contributed by atoms with Crippen molar-refractivity contribution in [3.63, 3.8) is 0 Å². The van der Waals surface area contributed by atoms with Gasteiger partial charge in [-0.1, -0.05) is 0 Å². The highest BCUT2D eigenvalue weighted by Gasteiger charge is 2.04. The van der Waals surface area contributed by atoms with Gasteiger partial charge in [-0.25, -0.2) is 4.98 Å². The van der Waals surface area contributed by atoms with Gasteiger partial charge in [0.2, 0.25) is 5.76 Å². The van der Waals surface area contributed by atoms with Gasteiger partial charge < -0.3 is 10.2 Å². The second kappa shape index (κ2) is 3.33. The van der Waals surface area contributed by atoms with Crippen molar-refractivity contribution < 1.29 is 4.42 Å². The fourth-order valence-electron chi connectivity index (χ4n) is 1.04. The van der Waals surface area contributed by atoms with Crippen LogP contribution in [-0.4, -0.2) is 4.98 Å². The Labute approximate surface area is 80.4 Å². The number of halogens is 1. The maximum atomic E-state index is 8.52. The van der Waals surface area contributed by atoms with E-state index >= 15 is 0 Å². The lowest BCUT2D eigenvalue weighted by Crippen LogP contribution is -1.87. The molecule has 13 heavy (non-hydrogen) atoms. The molecule has 0 bridgehead atoms. The number of hydrogen-bond donors (Lipinski definition) is 1. The Bertz CT molecular complexity index is 472. The fraction of sp³-hybridized carbons (Fsp3) is 0. The molecule has 2 rings (SSSR count). The number of nitrogens with two attached hydrogens (primary N) is 1. The third-order valence-corrected chi connectivity index (χ3v) is 1.59. The first kappa shape index (κ1) is 9.36. The summed E-state index contributed by atoms with van der Waals surface area (Å²) in [5.74, 6) is 0.641. The van der Waals surface area contributed by atoms with E-state index in [0.717, 1.165) is 0 Å². The zero-order chi connectivity index (χ0) is 8.55. The van der Waals surface area contributed by atoms with Crippen molar-refractivity contribution in [3.05, 3.63) is 24.1 Å². The molecule has 0 aliphatic heterocycles. The number of nitrogen functional groups attached to an aromatic ring is 1. The largest absolute Gasteiger partial charge is 0.445 e. The number of nitrogens with zero attached hydrogens (tertiary/aromatic N) is 2. The molecule has 5 heteroatoms. The van der Waals surface area contributed by atoms with Crippen LogP contribution in [-0.2, 0) is 0 Å². The molecule has 0 amide bonds. The molecule has 0 saturated heterocycles. The lowest BCUT2D eigenvalue weighted by molar-refractivity contribution is 0.599. The number of nitriles is 1. The average Bonchev–Trinajstić information content (AvgIpc) is 2.49. The zero-order valence-electron chi connectivity index (χ0n) is 6.52. The highest BCUT2D eigenvalue weighted by molar-refractivity contribution is 5.87. The molecule has 0 radical (unpaired) electrons. The molecule has 2 N–H and O–H groups in total. The van der Waals surface area contributed by atoms with Crippen LogP contribution >= 0.6 is 12.4 Å². The minimum Gasteiger partial charge on any atom is -0.445 e. The molecule has 0 aliphatic rings. The van der Waals surface area contributed by atoms with Crippen LogP contribution in [0.15, 0.2) is 22.7 Å². The van der Waals surface area contributed by atoms with E-state index in [-0.39, 0.29) is 18.2 Å². The number of pyridine rings is 1. The molecule has 0 unspecified atom stereocenters. The first-order valence-electron chi connectivity index (χ1n) is 3.35. The number of rotatable bonds is 0. The fourth-order valence-corrected chi connectivity index (χ4v) is 1.04. The molecule has 0 spiro atoms. The van der Waals surface area contributed by atoms with E-state index in [0.29, 0.717) is 16.8 Å². The highest BCUT2D eigenvalue weighted by atomic mass is 35.5. The molecule has 2 aromatic rings. The third-order valence-electron chi connectivity index (χ3n) is 1.59. The van der Waals surface area contributed by atoms with Gasteiger partial charge in [0.05, 0.1) is 5.39 Å². The molecule has 2 heterocycles. The maximum Gasteiger partial charge on any atom is 0.204 e. The van der Waals surface area contributed by atoms with Crippen molar-refractivity contribution >= 4 is 29.2 Å². The number of aromatic nitrogens is 1. The number of fused-ring (bicyclic) bond motifs is 1. The Balaban J connectivity index is 0.000000845. The van der Waals surface area contributed by atoms with Crippen LogP contribution in [0.25, 0.3) is 11.0 Å². The van der Waals surface area contributed by atoms with E-state index in [9.17, 15) is 0 Å². The Morgan fingerprint density at radius 1 is 1.54 bits per heavy atom. The second-order valence-electron chi connectivity index (χ2n) is 2.33. The first-order chi connectivity index (χ1) is 5.81. The molecule has 0 fully saturated rings. The molecule has 0 saturated carbocycles. The molecule has 0 aromatic carbocycles. The van der Waals surface area contributed by atoms with Gasteiger partial charge in [0.25, 0.3) is 0 Å². The molecule has 0 aliphatic carbocycles. The zero-order valence-corrected chi connectivity index (χ0v) is 7.34. The van der Waals surface area contributed by atoms with Crippen LogP contribution in [0.5, 0.6) is 0 Å². The van der Waals surface area contributed by atoms with Crippen molar-refractivity contribution in [2.75, 3.05) is 5.73 Å². The summed E-state index contributed by atoms with van der Waals surface area (Å²) in [5.41, 5.74) is 6.14. The van der Waals surface area contributed by atoms with E-state index in [1.807, 2.05) is 6.07 Å². The Kier molecular flexibility index (Phi) is 2.40. The Morgan fingerprint density at radius 3 is 2.92 bits per heavy atom. The quantitative estimate of drug-likeness (QED) is 0.694. The van der Waals surface area contributed by atoms with E-state index in [4.69, 9.17) is 15.4 Å².